The van der Waals surface area contributed by atoms with Crippen LogP contribution in [-0.4, -0.2) is 10.9 Å². The molecule has 0 atom stereocenters. The molecule has 0 saturated carbocycles. The lowest BCUT2D eigenvalue weighted by molar-refractivity contribution is 0.529. The van der Waals surface area contributed by atoms with E-state index in [0.717, 1.165) is 12.3 Å². The molecule has 144 valence electrons. The zero-order valence-electron chi connectivity index (χ0n) is 16.4. The monoisotopic (exact) mass is 365 g/mol. The fraction of sp³-hybridized carbons (Fsp3) is 0.783. The van der Waals surface area contributed by atoms with Gasteiger partial charge in [-0.3, -0.25) is 4.98 Å². The molecule has 0 N–H and O–H groups in total. The minimum absolute atomic E-state index is 0.838. The van der Waals surface area contributed by atoms with Gasteiger partial charge in [0.2, 0.25) is 0 Å². The molecule has 1 rings (SSSR count). The normalized spacial score (nSPS) is 11.1. The van der Waals surface area contributed by atoms with Crippen LogP contribution >= 0.6 is 11.6 Å². The molecule has 0 fully saturated rings. The molecule has 0 radical (unpaired) electrons. The van der Waals surface area contributed by atoms with Gasteiger partial charge in [0, 0.05) is 17.8 Å². The van der Waals surface area contributed by atoms with E-state index in [4.69, 9.17) is 11.6 Å². The third-order valence-corrected chi connectivity index (χ3v) is 5.31. The number of pyridine rings is 1. The van der Waals surface area contributed by atoms with Gasteiger partial charge in [0.05, 0.1) is 0 Å². The summed E-state index contributed by atoms with van der Waals surface area (Å²) in [7, 11) is 0. The van der Waals surface area contributed by atoms with Gasteiger partial charge in [0.25, 0.3) is 0 Å². The van der Waals surface area contributed by atoms with Crippen LogP contribution in [0.15, 0.2) is 24.4 Å². The van der Waals surface area contributed by atoms with E-state index in [2.05, 4.69) is 17.1 Å². The smallest absolute Gasteiger partial charge is 0.0403 e. The topological polar surface area (TPSA) is 12.9 Å². The predicted octanol–water partition coefficient (Wildman–Crippen LogP) is 8.10. The summed E-state index contributed by atoms with van der Waals surface area (Å²) < 4.78 is 0. The quantitative estimate of drug-likeness (QED) is 0.189. The Kier molecular flexibility index (Phi) is 16.4. The Balaban J connectivity index is 1.69. The Labute approximate surface area is 162 Å². The van der Waals surface area contributed by atoms with Crippen LogP contribution in [0.1, 0.15) is 108 Å². The maximum absolute atomic E-state index is 5.69. The molecule has 0 aliphatic rings. The number of aryl methyl sites for hydroxylation is 1. The summed E-state index contributed by atoms with van der Waals surface area (Å²) in [6.45, 7) is 0. The Bertz CT molecular complexity index is 366. The molecule has 0 amide bonds. The van der Waals surface area contributed by atoms with E-state index < -0.39 is 0 Å². The molecule has 0 saturated heterocycles. The molecule has 0 aromatic carbocycles. The lowest BCUT2D eigenvalue weighted by atomic mass is 10.0. The van der Waals surface area contributed by atoms with Crippen molar-refractivity contribution in [1.82, 2.24) is 4.98 Å². The number of unbranched alkanes of at least 4 members (excludes halogenated alkanes) is 15. The van der Waals surface area contributed by atoms with E-state index in [9.17, 15) is 0 Å². The van der Waals surface area contributed by atoms with E-state index >= 15 is 0 Å². The van der Waals surface area contributed by atoms with Gasteiger partial charge in [0.1, 0.15) is 0 Å². The van der Waals surface area contributed by atoms with Gasteiger partial charge in [-0.2, -0.15) is 0 Å². The number of hydrogen-bond donors (Lipinski definition) is 0. The average Bonchev–Trinajstić information content (AvgIpc) is 2.65. The van der Waals surface area contributed by atoms with Crippen molar-refractivity contribution in [3.05, 3.63) is 30.1 Å². The summed E-state index contributed by atoms with van der Waals surface area (Å²) in [4.78, 5) is 4.38. The second kappa shape index (κ2) is 18.2. The molecular weight excluding hydrogens is 326 g/mol. The van der Waals surface area contributed by atoms with Gasteiger partial charge >= 0.3 is 0 Å². The number of alkyl halides is 1. The maximum atomic E-state index is 5.69. The van der Waals surface area contributed by atoms with Gasteiger partial charge in [-0.05, 0) is 31.4 Å². The largest absolute Gasteiger partial charge is 0.261 e. The molecule has 0 aliphatic heterocycles. The van der Waals surface area contributed by atoms with Gasteiger partial charge in [0.15, 0.2) is 0 Å². The van der Waals surface area contributed by atoms with Crippen LogP contribution in [0.5, 0.6) is 0 Å². The Hall–Kier alpha value is -0.560. The van der Waals surface area contributed by atoms with Crippen molar-refractivity contribution in [2.24, 2.45) is 0 Å². The van der Waals surface area contributed by atoms with E-state index in [1.54, 1.807) is 0 Å². The predicted molar refractivity (Wildman–Crippen MR) is 113 cm³/mol. The summed E-state index contributed by atoms with van der Waals surface area (Å²) >= 11 is 5.69. The highest BCUT2D eigenvalue weighted by atomic mass is 35.5. The Morgan fingerprint density at radius 3 is 1.40 bits per heavy atom. The molecule has 1 aromatic heterocycles. The maximum Gasteiger partial charge on any atom is 0.0403 e. The first-order valence-electron chi connectivity index (χ1n) is 10.9. The van der Waals surface area contributed by atoms with Crippen LogP contribution in [-0.2, 0) is 6.42 Å². The highest BCUT2D eigenvalue weighted by Gasteiger charge is 1.96. The molecule has 1 heterocycles. The minimum Gasteiger partial charge on any atom is -0.261 e. The summed E-state index contributed by atoms with van der Waals surface area (Å²) in [5.41, 5.74) is 1.25. The van der Waals surface area contributed by atoms with Gasteiger partial charge in [-0.25, -0.2) is 0 Å². The van der Waals surface area contributed by atoms with E-state index in [-0.39, 0.29) is 0 Å². The van der Waals surface area contributed by atoms with Crippen molar-refractivity contribution < 1.29 is 0 Å². The average molecular weight is 366 g/mol. The van der Waals surface area contributed by atoms with Gasteiger partial charge < -0.3 is 0 Å². The van der Waals surface area contributed by atoms with Crippen molar-refractivity contribution in [3.8, 4) is 0 Å². The first-order chi connectivity index (χ1) is 12.4. The van der Waals surface area contributed by atoms with Crippen molar-refractivity contribution in [2.75, 3.05) is 5.88 Å². The van der Waals surface area contributed by atoms with Crippen molar-refractivity contribution in [1.29, 1.82) is 0 Å². The molecule has 1 aromatic rings. The first-order valence-corrected chi connectivity index (χ1v) is 11.4. The van der Waals surface area contributed by atoms with E-state index in [1.807, 2.05) is 12.3 Å². The summed E-state index contributed by atoms with van der Waals surface area (Å²) in [6.07, 6.45) is 25.4. The molecule has 25 heavy (non-hydrogen) atoms. The Morgan fingerprint density at radius 2 is 1.00 bits per heavy atom. The molecule has 2 heteroatoms. The van der Waals surface area contributed by atoms with E-state index in [0.29, 0.717) is 0 Å². The zero-order chi connectivity index (χ0) is 17.8. The number of halogens is 1. The molecule has 0 spiro atoms. The standard InChI is InChI=1S/C23H40ClN/c24-21-17-14-12-10-8-6-4-2-1-3-5-7-9-11-13-15-19-23-20-16-18-22-25-23/h16,18,20,22H,1-15,17,19,21H2. The second-order valence-corrected chi connectivity index (χ2v) is 7.79. The SMILES string of the molecule is ClCCCCCCCCCCCCCCCCCCc1ccccn1. The molecule has 0 bridgehead atoms. The minimum atomic E-state index is 0.838. The van der Waals surface area contributed by atoms with E-state index in [1.165, 1.54) is 108 Å². The van der Waals surface area contributed by atoms with Crippen LogP contribution in [0.2, 0.25) is 0 Å². The number of rotatable bonds is 18. The summed E-state index contributed by atoms with van der Waals surface area (Å²) in [6, 6.07) is 6.22. The lowest BCUT2D eigenvalue weighted by Gasteiger charge is -2.04. The van der Waals surface area contributed by atoms with Gasteiger partial charge in [-0.1, -0.05) is 96.0 Å². The highest BCUT2D eigenvalue weighted by Crippen LogP contribution is 2.14. The number of hydrogen-bond acceptors (Lipinski definition) is 1. The van der Waals surface area contributed by atoms with Crippen LogP contribution in [0.25, 0.3) is 0 Å². The summed E-state index contributed by atoms with van der Waals surface area (Å²) in [5.74, 6) is 0.838. The summed E-state index contributed by atoms with van der Waals surface area (Å²) in [5, 5.41) is 0. The van der Waals surface area contributed by atoms with Crippen LogP contribution in [0, 0.1) is 0 Å². The van der Waals surface area contributed by atoms with Gasteiger partial charge in [-0.15, -0.1) is 11.6 Å². The second-order valence-electron chi connectivity index (χ2n) is 7.42. The zero-order valence-corrected chi connectivity index (χ0v) is 17.1. The van der Waals surface area contributed by atoms with Crippen molar-refractivity contribution >= 4 is 11.6 Å². The molecule has 0 unspecified atom stereocenters. The van der Waals surface area contributed by atoms with Crippen molar-refractivity contribution in [3.63, 3.8) is 0 Å². The molecule has 1 nitrogen and oxygen atoms in total. The Morgan fingerprint density at radius 1 is 0.560 bits per heavy atom. The van der Waals surface area contributed by atoms with Crippen LogP contribution in [0.3, 0.4) is 0 Å². The third-order valence-electron chi connectivity index (χ3n) is 5.04. The number of aromatic nitrogens is 1. The third kappa shape index (κ3) is 15.4. The first kappa shape index (κ1) is 22.5. The highest BCUT2D eigenvalue weighted by molar-refractivity contribution is 6.17. The molecular formula is C23H40ClN. The fourth-order valence-corrected chi connectivity index (χ4v) is 3.61. The lowest BCUT2D eigenvalue weighted by Crippen LogP contribution is -1.89. The number of nitrogens with zero attached hydrogens (tertiary/aromatic N) is 1. The molecule has 0 aliphatic carbocycles. The van der Waals surface area contributed by atoms with Crippen LogP contribution < -0.4 is 0 Å². The fourth-order valence-electron chi connectivity index (χ4n) is 3.42. The van der Waals surface area contributed by atoms with Crippen LogP contribution in [0.4, 0.5) is 0 Å². The van der Waals surface area contributed by atoms with Crippen molar-refractivity contribution in [2.45, 2.75) is 109 Å².